The molecule has 1 N–H and O–H groups in total. The molecule has 0 radical (unpaired) electrons. The van der Waals surface area contributed by atoms with Crippen molar-refractivity contribution in [3.05, 3.63) is 36.2 Å². The van der Waals surface area contributed by atoms with Crippen LogP contribution in [0.3, 0.4) is 0 Å². The van der Waals surface area contributed by atoms with Gasteiger partial charge in [0.2, 0.25) is 5.91 Å². The Morgan fingerprint density at radius 2 is 1.95 bits per heavy atom. The molecule has 8 heteroatoms. The molecule has 0 fully saturated rings. The Labute approximate surface area is 118 Å². The van der Waals surface area contributed by atoms with Crippen LogP contribution in [-0.4, -0.2) is 28.8 Å². The van der Waals surface area contributed by atoms with Crippen molar-refractivity contribution in [2.75, 3.05) is 6.54 Å². The molecule has 21 heavy (non-hydrogen) atoms. The van der Waals surface area contributed by atoms with Gasteiger partial charge in [0, 0.05) is 18.5 Å². The molecule has 0 unspecified atom stereocenters. The highest BCUT2D eigenvalue weighted by Crippen LogP contribution is 2.19. The van der Waals surface area contributed by atoms with Gasteiger partial charge in [-0.3, -0.25) is 4.79 Å². The third-order valence-electron chi connectivity index (χ3n) is 2.52. The third kappa shape index (κ3) is 4.90. The average molecular weight is 299 g/mol. The number of aromatic nitrogens is 2. The minimum absolute atomic E-state index is 0.0165. The minimum atomic E-state index is -4.50. The molecule has 5 nitrogen and oxygen atoms in total. The van der Waals surface area contributed by atoms with E-state index in [2.05, 4.69) is 15.5 Å². The van der Waals surface area contributed by atoms with Crippen molar-refractivity contribution in [2.45, 2.75) is 19.0 Å². The second-order valence-electron chi connectivity index (χ2n) is 4.27. The van der Waals surface area contributed by atoms with Crippen molar-refractivity contribution in [1.82, 2.24) is 15.5 Å². The fraction of sp³-hybridized carbons (Fsp3) is 0.308. The molecule has 0 saturated carbocycles. The van der Waals surface area contributed by atoms with Gasteiger partial charge >= 0.3 is 6.18 Å². The van der Waals surface area contributed by atoms with Gasteiger partial charge in [-0.1, -0.05) is 23.4 Å². The summed E-state index contributed by atoms with van der Waals surface area (Å²) >= 11 is 0. The van der Waals surface area contributed by atoms with Crippen LogP contribution in [0.4, 0.5) is 13.2 Å². The Kier molecular flexibility index (Phi) is 4.56. The molecule has 2 rings (SSSR count). The molecule has 0 aliphatic rings. The topological polar surface area (TPSA) is 68.0 Å². The number of nitrogens with one attached hydrogen (secondary N) is 1. The van der Waals surface area contributed by atoms with E-state index in [1.165, 1.54) is 0 Å². The van der Waals surface area contributed by atoms with E-state index < -0.39 is 18.5 Å². The highest BCUT2D eigenvalue weighted by molar-refractivity contribution is 5.76. The maximum Gasteiger partial charge on any atom is 0.397 e. The normalized spacial score (nSPS) is 11.4. The Balaban J connectivity index is 1.83. The van der Waals surface area contributed by atoms with Crippen molar-refractivity contribution in [3.8, 4) is 11.5 Å². The lowest BCUT2D eigenvalue weighted by Gasteiger charge is -2.06. The Bertz CT molecular complexity index is 596. The van der Waals surface area contributed by atoms with Gasteiger partial charge < -0.3 is 9.84 Å². The zero-order valence-corrected chi connectivity index (χ0v) is 10.9. The monoisotopic (exact) mass is 299 g/mol. The van der Waals surface area contributed by atoms with E-state index >= 15 is 0 Å². The van der Waals surface area contributed by atoms with E-state index in [0.29, 0.717) is 11.7 Å². The number of carbonyl (C=O) groups excluding carboxylic acids is 1. The quantitative estimate of drug-likeness (QED) is 0.920. The van der Waals surface area contributed by atoms with Gasteiger partial charge in [0.25, 0.3) is 5.89 Å². The molecule has 1 aromatic carbocycles. The van der Waals surface area contributed by atoms with E-state index in [0.717, 1.165) is 5.56 Å². The molecule has 2 aromatic rings. The van der Waals surface area contributed by atoms with Gasteiger partial charge in [0.15, 0.2) is 5.82 Å². The van der Waals surface area contributed by atoms with Crippen LogP contribution in [0.25, 0.3) is 11.5 Å². The molecule has 0 aliphatic carbocycles. The van der Waals surface area contributed by atoms with Gasteiger partial charge in [-0.25, -0.2) is 0 Å². The van der Waals surface area contributed by atoms with Crippen LogP contribution < -0.4 is 5.32 Å². The van der Waals surface area contributed by atoms with Gasteiger partial charge in [-0.15, -0.1) is 0 Å². The van der Waals surface area contributed by atoms with Crippen LogP contribution in [-0.2, 0) is 11.2 Å². The predicted octanol–water partition coefficient (Wildman–Crippen LogP) is 2.35. The Hall–Kier alpha value is -2.38. The summed E-state index contributed by atoms with van der Waals surface area (Å²) in [5.41, 5.74) is 0.748. The first-order valence-corrected chi connectivity index (χ1v) is 6.15. The largest absolute Gasteiger partial charge is 0.397 e. The zero-order valence-electron chi connectivity index (χ0n) is 10.9. The molecule has 0 bridgehead atoms. The summed E-state index contributed by atoms with van der Waals surface area (Å²) in [5.74, 6) is -0.428. The highest BCUT2D eigenvalue weighted by atomic mass is 19.4. The van der Waals surface area contributed by atoms with Crippen molar-refractivity contribution in [1.29, 1.82) is 0 Å². The van der Waals surface area contributed by atoms with E-state index in [-0.39, 0.29) is 13.0 Å². The lowest BCUT2D eigenvalue weighted by Crippen LogP contribution is -2.30. The Morgan fingerprint density at radius 3 is 2.62 bits per heavy atom. The third-order valence-corrected chi connectivity index (χ3v) is 2.52. The number of hydrogen-bond donors (Lipinski definition) is 1. The molecule has 112 valence electrons. The second kappa shape index (κ2) is 6.38. The Morgan fingerprint density at radius 1 is 1.24 bits per heavy atom. The molecule has 1 amide bonds. The molecule has 0 atom stereocenters. The van der Waals surface area contributed by atoms with Gasteiger partial charge in [0.1, 0.15) is 6.42 Å². The van der Waals surface area contributed by atoms with E-state index in [4.69, 9.17) is 4.52 Å². The van der Waals surface area contributed by atoms with Crippen LogP contribution in [0.15, 0.2) is 34.9 Å². The fourth-order valence-corrected chi connectivity index (χ4v) is 1.61. The van der Waals surface area contributed by atoms with Crippen LogP contribution in [0.1, 0.15) is 12.2 Å². The summed E-state index contributed by atoms with van der Waals surface area (Å²) in [6, 6.07) is 9.06. The molecular formula is C13H12F3N3O2. The molecule has 0 spiro atoms. The van der Waals surface area contributed by atoms with Gasteiger partial charge in [0.05, 0.1) is 0 Å². The smallest absolute Gasteiger partial charge is 0.355 e. The molecule has 1 heterocycles. The highest BCUT2D eigenvalue weighted by Gasteiger charge is 2.30. The number of benzene rings is 1. The number of halogens is 3. The predicted molar refractivity (Wildman–Crippen MR) is 67.1 cm³/mol. The number of rotatable bonds is 5. The minimum Gasteiger partial charge on any atom is -0.355 e. The summed E-state index contributed by atoms with van der Waals surface area (Å²) in [6.45, 7) is 0.0165. The summed E-state index contributed by atoms with van der Waals surface area (Å²) in [4.78, 5) is 15.1. The zero-order chi connectivity index (χ0) is 15.3. The average Bonchev–Trinajstić information content (AvgIpc) is 2.86. The first-order valence-electron chi connectivity index (χ1n) is 6.15. The lowest BCUT2D eigenvalue weighted by atomic mass is 10.2. The van der Waals surface area contributed by atoms with Crippen LogP contribution in [0.2, 0.25) is 0 Å². The van der Waals surface area contributed by atoms with E-state index in [1.54, 1.807) is 12.1 Å². The number of hydrogen-bond acceptors (Lipinski definition) is 4. The number of alkyl halides is 3. The van der Waals surface area contributed by atoms with Crippen molar-refractivity contribution >= 4 is 5.91 Å². The first-order chi connectivity index (χ1) is 9.94. The number of nitrogens with zero attached hydrogens (tertiary/aromatic N) is 2. The summed E-state index contributed by atoms with van der Waals surface area (Å²) in [5, 5.41) is 5.86. The van der Waals surface area contributed by atoms with Crippen molar-refractivity contribution in [2.24, 2.45) is 0 Å². The number of amides is 1. The van der Waals surface area contributed by atoms with Gasteiger partial charge in [-0.2, -0.15) is 18.2 Å². The van der Waals surface area contributed by atoms with Crippen LogP contribution in [0.5, 0.6) is 0 Å². The van der Waals surface area contributed by atoms with E-state index in [1.807, 2.05) is 18.2 Å². The maximum atomic E-state index is 11.9. The summed E-state index contributed by atoms with van der Waals surface area (Å²) in [6.07, 6.45) is -5.80. The molecule has 0 aliphatic heterocycles. The van der Waals surface area contributed by atoms with Crippen molar-refractivity contribution in [3.63, 3.8) is 0 Å². The van der Waals surface area contributed by atoms with E-state index in [9.17, 15) is 18.0 Å². The van der Waals surface area contributed by atoms with Crippen LogP contribution >= 0.6 is 0 Å². The van der Waals surface area contributed by atoms with Crippen LogP contribution in [0, 0.1) is 0 Å². The standard InChI is InChI=1S/C13H12F3N3O2/c14-13(15,16)8-11(20)17-7-6-10-18-12(21-19-10)9-4-2-1-3-5-9/h1-5H,6-8H2,(H,17,20). The second-order valence-corrected chi connectivity index (χ2v) is 4.27. The molecule has 1 aromatic heterocycles. The first kappa shape index (κ1) is 15.0. The molecule has 0 saturated heterocycles. The van der Waals surface area contributed by atoms with Gasteiger partial charge in [-0.05, 0) is 12.1 Å². The van der Waals surface area contributed by atoms with Crippen molar-refractivity contribution < 1.29 is 22.5 Å². The fourth-order valence-electron chi connectivity index (χ4n) is 1.61. The summed E-state index contributed by atoms with van der Waals surface area (Å²) < 4.78 is 40.9. The molecular weight excluding hydrogens is 287 g/mol. The lowest BCUT2D eigenvalue weighted by molar-refractivity contribution is -0.153. The maximum absolute atomic E-state index is 11.9. The SMILES string of the molecule is O=C(CC(F)(F)F)NCCc1noc(-c2ccccc2)n1. The number of carbonyl (C=O) groups is 1. The summed E-state index contributed by atoms with van der Waals surface area (Å²) in [7, 11) is 0.